The number of amides is 1. The molecule has 0 aliphatic carbocycles. The zero-order chi connectivity index (χ0) is 15.1. The average Bonchev–Trinajstić information content (AvgIpc) is 3.00. The van der Waals surface area contributed by atoms with Crippen LogP contribution in [0.15, 0.2) is 21.5 Å². The summed E-state index contributed by atoms with van der Waals surface area (Å²) in [5.41, 5.74) is 3.50. The number of fused-ring (bicyclic) bond motifs is 1. The van der Waals surface area contributed by atoms with Crippen LogP contribution in [0.2, 0.25) is 0 Å². The molecule has 0 unspecified atom stereocenters. The van der Waals surface area contributed by atoms with Gasteiger partial charge in [-0.2, -0.15) is 0 Å². The number of hydrogen-bond donors (Lipinski definition) is 3. The zero-order valence-electron chi connectivity index (χ0n) is 11.8. The number of nitrogens with one attached hydrogen (secondary N) is 3. The highest BCUT2D eigenvalue weighted by molar-refractivity contribution is 6.08. The van der Waals surface area contributed by atoms with Crippen molar-refractivity contribution in [3.05, 3.63) is 45.2 Å². The Morgan fingerprint density at radius 2 is 2.00 bits per heavy atom. The summed E-state index contributed by atoms with van der Waals surface area (Å²) in [6.45, 7) is 5.50. The Morgan fingerprint density at radius 1 is 1.24 bits per heavy atom. The number of H-pyrrole nitrogens is 2. The van der Waals surface area contributed by atoms with Crippen molar-refractivity contribution in [2.24, 2.45) is 0 Å². The molecule has 1 aromatic carbocycles. The third-order valence-corrected chi connectivity index (χ3v) is 3.43. The molecular formula is C14H14N4O3. The van der Waals surface area contributed by atoms with Gasteiger partial charge in [0.1, 0.15) is 5.76 Å². The van der Waals surface area contributed by atoms with Crippen molar-refractivity contribution in [2.75, 3.05) is 5.32 Å². The number of aromatic amines is 2. The molecule has 3 N–H and O–H groups in total. The number of benzene rings is 1. The Labute approximate surface area is 119 Å². The quantitative estimate of drug-likeness (QED) is 0.670. The molecule has 0 fully saturated rings. The second-order valence-electron chi connectivity index (χ2n) is 4.97. The molecule has 3 aromatic rings. The Balaban J connectivity index is 2.09. The van der Waals surface area contributed by atoms with Gasteiger partial charge >= 0.3 is 5.69 Å². The van der Waals surface area contributed by atoms with E-state index in [4.69, 9.17) is 4.52 Å². The predicted octanol–water partition coefficient (Wildman–Crippen LogP) is 2.02. The van der Waals surface area contributed by atoms with E-state index in [9.17, 15) is 9.59 Å². The van der Waals surface area contributed by atoms with Gasteiger partial charge in [0.25, 0.3) is 5.91 Å². The lowest BCUT2D eigenvalue weighted by Crippen LogP contribution is -2.14. The molecule has 3 rings (SSSR count). The highest BCUT2D eigenvalue weighted by atomic mass is 16.5. The van der Waals surface area contributed by atoms with Crippen molar-refractivity contribution in [2.45, 2.75) is 20.8 Å². The first-order valence-electron chi connectivity index (χ1n) is 6.42. The molecule has 7 nitrogen and oxygen atoms in total. The van der Waals surface area contributed by atoms with E-state index in [0.29, 0.717) is 22.5 Å². The summed E-state index contributed by atoms with van der Waals surface area (Å²) < 4.78 is 4.89. The van der Waals surface area contributed by atoms with Crippen LogP contribution in [-0.4, -0.2) is 21.0 Å². The number of anilines is 1. The number of nitrogens with zero attached hydrogens (tertiary/aromatic N) is 1. The van der Waals surface area contributed by atoms with Crippen LogP contribution in [0.3, 0.4) is 0 Å². The molecule has 1 amide bonds. The number of rotatable bonds is 2. The molecule has 0 saturated heterocycles. The van der Waals surface area contributed by atoms with Crippen LogP contribution >= 0.6 is 0 Å². The Morgan fingerprint density at radius 3 is 2.67 bits per heavy atom. The van der Waals surface area contributed by atoms with Crippen molar-refractivity contribution < 1.29 is 9.32 Å². The molecule has 0 bridgehead atoms. The fraction of sp³-hybridized carbons (Fsp3) is 0.214. The fourth-order valence-electron chi connectivity index (χ4n) is 2.22. The van der Waals surface area contributed by atoms with Crippen molar-refractivity contribution in [3.63, 3.8) is 0 Å². The minimum atomic E-state index is -0.385. The lowest BCUT2D eigenvalue weighted by atomic mass is 10.1. The van der Waals surface area contributed by atoms with Gasteiger partial charge in [-0.3, -0.25) is 4.79 Å². The maximum absolute atomic E-state index is 12.2. The molecule has 0 aliphatic heterocycles. The SMILES string of the molecule is Cc1cc(C(=O)Nc2c(C)c(C)cc3[nH]c(=O)[nH]c23)no1. The second kappa shape index (κ2) is 4.62. The van der Waals surface area contributed by atoms with Gasteiger partial charge in [0.15, 0.2) is 5.69 Å². The largest absolute Gasteiger partial charge is 0.361 e. The van der Waals surface area contributed by atoms with Crippen LogP contribution in [0.5, 0.6) is 0 Å². The summed E-state index contributed by atoms with van der Waals surface area (Å²) in [6, 6.07) is 3.41. The van der Waals surface area contributed by atoms with Crippen LogP contribution in [0.1, 0.15) is 27.4 Å². The van der Waals surface area contributed by atoms with Crippen molar-refractivity contribution in [1.82, 2.24) is 15.1 Å². The van der Waals surface area contributed by atoms with Crippen LogP contribution in [0.25, 0.3) is 11.0 Å². The molecule has 0 saturated carbocycles. The summed E-state index contributed by atoms with van der Waals surface area (Å²) in [6.07, 6.45) is 0. The molecule has 0 atom stereocenters. The van der Waals surface area contributed by atoms with Gasteiger partial charge in [-0.15, -0.1) is 0 Å². The highest BCUT2D eigenvalue weighted by Gasteiger charge is 2.16. The summed E-state index contributed by atoms with van der Waals surface area (Å²) in [7, 11) is 0. The Kier molecular flexibility index (Phi) is 2.90. The number of hydrogen-bond acceptors (Lipinski definition) is 4. The summed E-state index contributed by atoms with van der Waals surface area (Å²) in [4.78, 5) is 29.1. The number of carbonyl (C=O) groups is 1. The van der Waals surface area contributed by atoms with Crippen molar-refractivity contribution in [3.8, 4) is 0 Å². The lowest BCUT2D eigenvalue weighted by Gasteiger charge is -2.10. The minimum Gasteiger partial charge on any atom is -0.361 e. The Hall–Kier alpha value is -2.83. The lowest BCUT2D eigenvalue weighted by molar-refractivity contribution is 0.101. The average molecular weight is 286 g/mol. The van der Waals surface area contributed by atoms with Gasteiger partial charge in [-0.25, -0.2) is 4.79 Å². The number of aryl methyl sites for hydroxylation is 2. The highest BCUT2D eigenvalue weighted by Crippen LogP contribution is 2.27. The smallest absolute Gasteiger partial charge is 0.323 e. The van der Waals surface area contributed by atoms with E-state index in [-0.39, 0.29) is 17.3 Å². The van der Waals surface area contributed by atoms with Crippen LogP contribution in [0.4, 0.5) is 5.69 Å². The van der Waals surface area contributed by atoms with E-state index in [2.05, 4.69) is 20.4 Å². The molecule has 108 valence electrons. The van der Waals surface area contributed by atoms with Crippen molar-refractivity contribution in [1.29, 1.82) is 0 Å². The van der Waals surface area contributed by atoms with E-state index < -0.39 is 0 Å². The van der Waals surface area contributed by atoms with Gasteiger partial charge in [0, 0.05) is 6.07 Å². The molecule has 0 aliphatic rings. The molecule has 21 heavy (non-hydrogen) atoms. The van der Waals surface area contributed by atoms with E-state index in [1.54, 1.807) is 13.0 Å². The number of aromatic nitrogens is 3. The van der Waals surface area contributed by atoms with Crippen LogP contribution < -0.4 is 11.0 Å². The molecule has 2 aromatic heterocycles. The maximum atomic E-state index is 12.2. The topological polar surface area (TPSA) is 104 Å². The van der Waals surface area contributed by atoms with Gasteiger partial charge in [-0.05, 0) is 38.0 Å². The van der Waals surface area contributed by atoms with E-state index in [1.165, 1.54) is 0 Å². The van der Waals surface area contributed by atoms with E-state index in [1.807, 2.05) is 19.9 Å². The molecule has 7 heteroatoms. The van der Waals surface area contributed by atoms with E-state index >= 15 is 0 Å². The molecule has 2 heterocycles. The molecule has 0 radical (unpaired) electrons. The first-order chi connectivity index (χ1) is 9.95. The minimum absolute atomic E-state index is 0.194. The van der Waals surface area contributed by atoms with Crippen molar-refractivity contribution >= 4 is 22.6 Å². The molecular weight excluding hydrogens is 272 g/mol. The van der Waals surface area contributed by atoms with Gasteiger partial charge in [-0.1, -0.05) is 5.16 Å². The third kappa shape index (κ3) is 2.22. The first-order valence-corrected chi connectivity index (χ1v) is 6.42. The maximum Gasteiger partial charge on any atom is 0.323 e. The first kappa shape index (κ1) is 13.2. The normalized spacial score (nSPS) is 11.0. The monoisotopic (exact) mass is 286 g/mol. The summed E-state index contributed by atoms with van der Waals surface area (Å²) in [5, 5.41) is 6.47. The number of carbonyl (C=O) groups excluding carboxylic acids is 1. The third-order valence-electron chi connectivity index (χ3n) is 3.43. The standard InChI is InChI=1S/C14H14N4O3/c1-6-4-9-12(17-14(20)15-9)11(8(6)3)16-13(19)10-5-7(2)21-18-10/h4-5H,1-3H3,(H,16,19)(H2,15,17,20). The predicted molar refractivity (Wildman–Crippen MR) is 77.6 cm³/mol. The molecule has 0 spiro atoms. The zero-order valence-corrected chi connectivity index (χ0v) is 11.8. The van der Waals surface area contributed by atoms with Gasteiger partial charge in [0.05, 0.1) is 16.7 Å². The van der Waals surface area contributed by atoms with E-state index in [0.717, 1.165) is 11.1 Å². The number of imidazole rings is 1. The van der Waals surface area contributed by atoms with Crippen LogP contribution in [0, 0.1) is 20.8 Å². The summed E-state index contributed by atoms with van der Waals surface area (Å²) in [5.74, 6) is 0.171. The van der Waals surface area contributed by atoms with Gasteiger partial charge in [0.2, 0.25) is 0 Å². The Bertz CT molecular complexity index is 901. The fourth-order valence-corrected chi connectivity index (χ4v) is 2.22. The van der Waals surface area contributed by atoms with Crippen LogP contribution in [-0.2, 0) is 0 Å². The second-order valence-corrected chi connectivity index (χ2v) is 4.97. The summed E-state index contributed by atoms with van der Waals surface area (Å²) >= 11 is 0. The van der Waals surface area contributed by atoms with Gasteiger partial charge < -0.3 is 19.8 Å².